The van der Waals surface area contributed by atoms with Crippen molar-refractivity contribution in [3.05, 3.63) is 58.5 Å². The van der Waals surface area contributed by atoms with Gasteiger partial charge in [-0.1, -0.05) is 17.7 Å². The first-order chi connectivity index (χ1) is 20.9. The van der Waals surface area contributed by atoms with Gasteiger partial charge in [0.15, 0.2) is 5.82 Å². The molecule has 0 radical (unpaired) electrons. The van der Waals surface area contributed by atoms with Gasteiger partial charge in [-0.05, 0) is 45.6 Å². The van der Waals surface area contributed by atoms with Gasteiger partial charge in [0.2, 0.25) is 5.95 Å². The molecule has 0 amide bonds. The van der Waals surface area contributed by atoms with Crippen LogP contribution in [0.3, 0.4) is 0 Å². The van der Waals surface area contributed by atoms with Gasteiger partial charge in [-0.2, -0.15) is 10.2 Å². The van der Waals surface area contributed by atoms with Crippen LogP contribution in [0.4, 0.5) is 31.4 Å². The predicted octanol–water partition coefficient (Wildman–Crippen LogP) is 5.61. The van der Waals surface area contributed by atoms with Crippen LogP contribution >= 0.6 is 22.9 Å². The van der Waals surface area contributed by atoms with Crippen LogP contribution in [0.2, 0.25) is 5.02 Å². The Morgan fingerprint density at radius 1 is 1.18 bits per heavy atom. The van der Waals surface area contributed by atoms with E-state index in [9.17, 15) is 9.65 Å². The molecule has 1 atom stereocenters. The molecule has 1 fully saturated rings. The molecule has 3 aromatic heterocycles. The van der Waals surface area contributed by atoms with E-state index in [0.29, 0.717) is 41.6 Å². The summed E-state index contributed by atoms with van der Waals surface area (Å²) in [5, 5.41) is 10.6. The number of likely N-dealkylation sites (N-methyl/N-ethyl adjacent to an activating group) is 1. The second kappa shape index (κ2) is 10.7. The molecule has 1 saturated heterocycles. The Hall–Kier alpha value is -4.38. The van der Waals surface area contributed by atoms with Crippen LogP contribution < -0.4 is 21.3 Å². The van der Waals surface area contributed by atoms with Crippen LogP contribution in [-0.2, 0) is 0 Å². The highest BCUT2D eigenvalue weighted by Gasteiger charge is 2.42. The Kier molecular flexibility index (Phi) is 7.19. The smallest absolute Gasteiger partial charge is 0.228 e. The molecule has 4 N–H and O–H groups in total. The Morgan fingerprint density at radius 2 is 1.91 bits per heavy atom. The minimum atomic E-state index is -0.724. The van der Waals surface area contributed by atoms with Crippen molar-refractivity contribution in [2.24, 2.45) is 0 Å². The van der Waals surface area contributed by atoms with E-state index in [1.54, 1.807) is 12.3 Å². The molecular weight excluding hydrogens is 606 g/mol. The summed E-state index contributed by atoms with van der Waals surface area (Å²) in [4.78, 5) is 23.8. The number of nitrogen functional groups attached to an aromatic ring is 2. The highest BCUT2D eigenvalue weighted by molar-refractivity contribution is 7.23. The second-order valence-corrected chi connectivity index (χ2v) is 12.9. The highest BCUT2D eigenvalue weighted by Crippen LogP contribution is 2.46. The van der Waals surface area contributed by atoms with Gasteiger partial charge < -0.3 is 26.2 Å². The number of hydrogen-bond acceptors (Lipinski definition) is 11. The minimum absolute atomic E-state index is 0.00721. The molecule has 1 aliphatic rings. The number of benzene rings is 2. The van der Waals surface area contributed by atoms with Crippen molar-refractivity contribution in [2.75, 3.05) is 55.5 Å². The average Bonchev–Trinajstić information content (AvgIpc) is 3.32. The van der Waals surface area contributed by atoms with Crippen molar-refractivity contribution in [1.82, 2.24) is 24.8 Å². The molecule has 2 aromatic carbocycles. The number of nitrogens with zero attached hydrogens (tertiary/aromatic N) is 8. The zero-order valence-corrected chi connectivity index (χ0v) is 26.2. The van der Waals surface area contributed by atoms with Gasteiger partial charge >= 0.3 is 0 Å². The minimum Gasteiger partial charge on any atom is -0.389 e. The molecular formula is C30H29ClF2N10S. The van der Waals surface area contributed by atoms with Gasteiger partial charge in [-0.3, -0.25) is 0 Å². The SMILES string of the molecule is CC(c1cncnc1N)N(C)c1nc(N2CC(C)(N(C)C)C2)nc2c(F)c(-c3ccc(F)c4sc(N)c(C#N)c34)c(Cl)cc12. The molecule has 10 nitrogen and oxygen atoms in total. The Labute approximate surface area is 261 Å². The fourth-order valence-corrected chi connectivity index (χ4v) is 6.84. The molecule has 0 bridgehead atoms. The van der Waals surface area contributed by atoms with Crippen LogP contribution in [0.25, 0.3) is 32.1 Å². The van der Waals surface area contributed by atoms with Crippen LogP contribution in [0, 0.1) is 23.0 Å². The predicted molar refractivity (Wildman–Crippen MR) is 172 cm³/mol. The largest absolute Gasteiger partial charge is 0.389 e. The first-order valence-corrected chi connectivity index (χ1v) is 14.9. The van der Waals surface area contributed by atoms with Gasteiger partial charge in [0, 0.05) is 48.2 Å². The summed E-state index contributed by atoms with van der Waals surface area (Å²) in [6.07, 6.45) is 3.01. The van der Waals surface area contributed by atoms with Crippen LogP contribution in [0.5, 0.6) is 0 Å². The Balaban J connectivity index is 1.60. The Bertz CT molecular complexity index is 2000. The number of halogens is 3. The number of thiophene rings is 1. The molecule has 4 heterocycles. The molecule has 14 heteroatoms. The lowest BCUT2D eigenvalue weighted by Crippen LogP contribution is -2.67. The summed E-state index contributed by atoms with van der Waals surface area (Å²) in [7, 11) is 5.84. The fourth-order valence-electron chi connectivity index (χ4n) is 5.60. The van der Waals surface area contributed by atoms with E-state index in [2.05, 4.69) is 21.8 Å². The first-order valence-electron chi connectivity index (χ1n) is 13.7. The van der Waals surface area contributed by atoms with Gasteiger partial charge in [0.25, 0.3) is 0 Å². The summed E-state index contributed by atoms with van der Waals surface area (Å²) in [6, 6.07) is 5.91. The lowest BCUT2D eigenvalue weighted by Gasteiger charge is -2.52. The zero-order valence-electron chi connectivity index (χ0n) is 24.7. The third kappa shape index (κ3) is 4.52. The lowest BCUT2D eigenvalue weighted by molar-refractivity contribution is 0.132. The maximum Gasteiger partial charge on any atom is 0.228 e. The monoisotopic (exact) mass is 634 g/mol. The van der Waals surface area contributed by atoms with Crippen molar-refractivity contribution in [2.45, 2.75) is 25.4 Å². The van der Waals surface area contributed by atoms with Crippen LogP contribution in [0.1, 0.15) is 31.0 Å². The maximum atomic E-state index is 16.9. The topological polar surface area (TPSA) is 137 Å². The summed E-state index contributed by atoms with van der Waals surface area (Å²) in [5.74, 6) is -0.200. The summed E-state index contributed by atoms with van der Waals surface area (Å²) < 4.78 is 31.9. The number of rotatable bonds is 6. The number of fused-ring (bicyclic) bond motifs is 2. The Morgan fingerprint density at radius 3 is 2.57 bits per heavy atom. The third-order valence-corrected chi connectivity index (χ3v) is 9.94. The molecule has 44 heavy (non-hydrogen) atoms. The average molecular weight is 635 g/mol. The summed E-state index contributed by atoms with van der Waals surface area (Å²) >= 11 is 7.76. The van der Waals surface area contributed by atoms with E-state index in [1.165, 1.54) is 18.5 Å². The third-order valence-electron chi connectivity index (χ3n) is 8.61. The maximum absolute atomic E-state index is 16.9. The molecule has 0 spiro atoms. The van der Waals surface area contributed by atoms with Crippen LogP contribution in [0.15, 0.2) is 30.7 Å². The van der Waals surface area contributed by atoms with E-state index in [0.717, 1.165) is 11.3 Å². The molecule has 226 valence electrons. The first kappa shape index (κ1) is 29.7. The molecule has 1 aliphatic heterocycles. The second-order valence-electron chi connectivity index (χ2n) is 11.4. The van der Waals surface area contributed by atoms with E-state index in [4.69, 9.17) is 33.0 Å². The number of hydrogen-bond donors (Lipinski definition) is 2. The molecule has 0 aliphatic carbocycles. The standard InChI is InChI=1S/C30H29ClF2N10S/c1-14(18-10-37-13-38-26(18)35)42(5)28-16-8-19(31)22(15-6-7-20(32)25-21(15)17(9-34)27(36)44-25)23(33)24(16)39-29(40-28)43-11-30(2,12-43)41(3)4/h6-8,10,13-14H,11-12,36H2,1-5H3,(H2,35,37,38). The van der Waals surface area contributed by atoms with E-state index in [-0.39, 0.29) is 53.9 Å². The van der Waals surface area contributed by atoms with E-state index < -0.39 is 11.6 Å². The molecule has 1 unspecified atom stereocenters. The van der Waals surface area contributed by atoms with Crippen molar-refractivity contribution < 1.29 is 8.78 Å². The van der Waals surface area contributed by atoms with Gasteiger partial charge in [0.1, 0.15) is 40.4 Å². The quantitative estimate of drug-likeness (QED) is 0.243. The van der Waals surface area contributed by atoms with E-state index >= 15 is 4.39 Å². The number of nitrogens with two attached hydrogens (primary N) is 2. The van der Waals surface area contributed by atoms with Crippen LogP contribution in [-0.4, -0.2) is 64.6 Å². The molecule has 0 saturated carbocycles. The van der Waals surface area contributed by atoms with Gasteiger partial charge in [-0.15, -0.1) is 11.3 Å². The van der Waals surface area contributed by atoms with Gasteiger partial charge in [-0.25, -0.2) is 23.7 Å². The van der Waals surface area contributed by atoms with Crippen molar-refractivity contribution in [3.63, 3.8) is 0 Å². The zero-order chi connectivity index (χ0) is 31.7. The molecule has 5 aromatic rings. The van der Waals surface area contributed by atoms with Crippen molar-refractivity contribution in [1.29, 1.82) is 5.26 Å². The van der Waals surface area contributed by atoms with Gasteiger partial charge in [0.05, 0.1) is 26.9 Å². The highest BCUT2D eigenvalue weighted by atomic mass is 35.5. The normalized spacial score (nSPS) is 15.0. The van der Waals surface area contributed by atoms with Crippen molar-refractivity contribution >= 4 is 66.5 Å². The number of anilines is 4. The summed E-state index contributed by atoms with van der Waals surface area (Å²) in [6.45, 7) is 5.31. The molecule has 6 rings (SSSR count). The van der Waals surface area contributed by atoms with E-state index in [1.807, 2.05) is 43.9 Å². The van der Waals surface area contributed by atoms with Crippen molar-refractivity contribution in [3.8, 4) is 17.2 Å². The number of nitriles is 1. The lowest BCUT2D eigenvalue weighted by atomic mass is 9.91. The number of aromatic nitrogens is 4. The summed E-state index contributed by atoms with van der Waals surface area (Å²) in [5.41, 5.74) is 13.1. The fraction of sp³-hybridized carbons (Fsp3) is 0.300.